The molecule has 1 unspecified atom stereocenters. The van der Waals surface area contributed by atoms with Crippen LogP contribution in [0.1, 0.15) is 25.3 Å². The molecule has 0 heterocycles. The fourth-order valence-electron chi connectivity index (χ4n) is 2.04. The zero-order valence-corrected chi connectivity index (χ0v) is 10.5. The van der Waals surface area contributed by atoms with E-state index in [1.807, 2.05) is 38.2 Å². The summed E-state index contributed by atoms with van der Waals surface area (Å²) in [7, 11) is 1.91. The molecule has 0 saturated heterocycles. The number of hydrogen-bond donors (Lipinski definition) is 2. The molecule has 1 atom stereocenters. The van der Waals surface area contributed by atoms with Gasteiger partial charge in [-0.25, -0.2) is 0 Å². The first-order valence-electron chi connectivity index (χ1n) is 6.25. The van der Waals surface area contributed by atoms with Crippen LogP contribution in [-0.4, -0.2) is 13.0 Å². The summed E-state index contributed by atoms with van der Waals surface area (Å²) in [6.07, 6.45) is 2.40. The van der Waals surface area contributed by atoms with Crippen molar-refractivity contribution in [3.63, 3.8) is 0 Å². The normalized spacial score (nSPS) is 16.6. The van der Waals surface area contributed by atoms with Gasteiger partial charge in [-0.1, -0.05) is 25.1 Å². The molecule has 92 valence electrons. The largest absolute Gasteiger partial charge is 0.326 e. The molecule has 1 aromatic rings. The van der Waals surface area contributed by atoms with Crippen LogP contribution < -0.4 is 10.6 Å². The van der Waals surface area contributed by atoms with Crippen LogP contribution in [0.5, 0.6) is 0 Å². The van der Waals surface area contributed by atoms with E-state index >= 15 is 0 Å². The summed E-state index contributed by atoms with van der Waals surface area (Å²) < 4.78 is 0. The molecule has 0 radical (unpaired) electrons. The van der Waals surface area contributed by atoms with Crippen molar-refractivity contribution >= 4 is 11.6 Å². The number of amides is 1. The van der Waals surface area contributed by atoms with E-state index in [9.17, 15) is 4.79 Å². The van der Waals surface area contributed by atoms with E-state index in [1.165, 1.54) is 12.8 Å². The van der Waals surface area contributed by atoms with E-state index in [2.05, 4.69) is 10.6 Å². The predicted octanol–water partition coefficient (Wildman–Crippen LogP) is 2.39. The van der Waals surface area contributed by atoms with Crippen LogP contribution in [0, 0.1) is 11.8 Å². The molecule has 3 nitrogen and oxygen atoms in total. The van der Waals surface area contributed by atoms with Gasteiger partial charge in [-0.05, 0) is 37.4 Å². The van der Waals surface area contributed by atoms with Crippen LogP contribution in [0.2, 0.25) is 0 Å². The highest BCUT2D eigenvalue weighted by Crippen LogP contribution is 2.37. The van der Waals surface area contributed by atoms with Gasteiger partial charge in [0, 0.05) is 18.2 Å². The molecule has 0 bridgehead atoms. The first kappa shape index (κ1) is 12.1. The Bertz CT molecular complexity index is 399. The topological polar surface area (TPSA) is 41.1 Å². The Balaban J connectivity index is 2.03. The Morgan fingerprint density at radius 2 is 2.12 bits per heavy atom. The number of carbonyl (C=O) groups excluding carboxylic acids is 1. The van der Waals surface area contributed by atoms with Crippen molar-refractivity contribution in [3.05, 3.63) is 29.8 Å². The second kappa shape index (κ2) is 5.32. The molecule has 1 saturated carbocycles. The lowest BCUT2D eigenvalue weighted by Gasteiger charge is -2.14. The molecule has 0 aromatic heterocycles. The van der Waals surface area contributed by atoms with E-state index in [0.29, 0.717) is 5.92 Å². The smallest absolute Gasteiger partial charge is 0.227 e. The Morgan fingerprint density at radius 3 is 2.76 bits per heavy atom. The second-order valence-corrected chi connectivity index (χ2v) is 4.80. The fourth-order valence-corrected chi connectivity index (χ4v) is 2.04. The summed E-state index contributed by atoms with van der Waals surface area (Å²) in [5, 5.41) is 6.15. The zero-order chi connectivity index (χ0) is 12.3. The number of rotatable bonds is 5. The summed E-state index contributed by atoms with van der Waals surface area (Å²) in [5.74, 6) is 0.889. The van der Waals surface area contributed by atoms with Crippen molar-refractivity contribution in [1.29, 1.82) is 0 Å². The lowest BCUT2D eigenvalue weighted by molar-refractivity contribution is -0.119. The molecule has 3 heteroatoms. The maximum atomic E-state index is 12.0. The quantitative estimate of drug-likeness (QED) is 0.818. The van der Waals surface area contributed by atoms with Crippen molar-refractivity contribution in [3.8, 4) is 0 Å². The molecule has 17 heavy (non-hydrogen) atoms. The summed E-state index contributed by atoms with van der Waals surface area (Å²) in [5.41, 5.74) is 2.06. The molecule has 2 rings (SSSR count). The van der Waals surface area contributed by atoms with Crippen molar-refractivity contribution in [2.24, 2.45) is 11.8 Å². The van der Waals surface area contributed by atoms with Gasteiger partial charge in [0.05, 0.1) is 0 Å². The van der Waals surface area contributed by atoms with Gasteiger partial charge in [0.25, 0.3) is 0 Å². The van der Waals surface area contributed by atoms with Crippen LogP contribution >= 0.6 is 0 Å². The average Bonchev–Trinajstić information content (AvgIpc) is 3.15. The minimum Gasteiger partial charge on any atom is -0.326 e. The fraction of sp³-hybridized carbons (Fsp3) is 0.500. The van der Waals surface area contributed by atoms with Crippen molar-refractivity contribution in [2.75, 3.05) is 12.4 Å². The minimum atomic E-state index is 0.137. The summed E-state index contributed by atoms with van der Waals surface area (Å²) >= 11 is 0. The molecular formula is C14H20N2O. The Morgan fingerprint density at radius 1 is 1.41 bits per heavy atom. The van der Waals surface area contributed by atoms with Crippen LogP contribution in [0.15, 0.2) is 24.3 Å². The van der Waals surface area contributed by atoms with Gasteiger partial charge in [-0.2, -0.15) is 0 Å². The van der Waals surface area contributed by atoms with Gasteiger partial charge in [-0.15, -0.1) is 0 Å². The number of hydrogen-bond acceptors (Lipinski definition) is 2. The molecule has 1 aromatic carbocycles. The van der Waals surface area contributed by atoms with Gasteiger partial charge in [0.15, 0.2) is 0 Å². The van der Waals surface area contributed by atoms with Gasteiger partial charge in [-0.3, -0.25) is 4.79 Å². The first-order chi connectivity index (χ1) is 8.22. The van der Waals surface area contributed by atoms with Crippen LogP contribution in [0.3, 0.4) is 0 Å². The predicted molar refractivity (Wildman–Crippen MR) is 69.7 cm³/mol. The Hall–Kier alpha value is -1.35. The van der Waals surface area contributed by atoms with E-state index < -0.39 is 0 Å². The number of para-hydroxylation sites is 1. The maximum absolute atomic E-state index is 12.0. The van der Waals surface area contributed by atoms with Gasteiger partial charge < -0.3 is 10.6 Å². The molecule has 0 aliphatic heterocycles. The van der Waals surface area contributed by atoms with Gasteiger partial charge in [0.1, 0.15) is 0 Å². The Labute approximate surface area is 103 Å². The van der Waals surface area contributed by atoms with E-state index in [0.717, 1.165) is 17.8 Å². The van der Waals surface area contributed by atoms with Crippen LogP contribution in [-0.2, 0) is 11.3 Å². The number of benzene rings is 1. The van der Waals surface area contributed by atoms with Crippen molar-refractivity contribution < 1.29 is 4.79 Å². The van der Waals surface area contributed by atoms with Crippen molar-refractivity contribution in [1.82, 2.24) is 5.32 Å². The van der Waals surface area contributed by atoms with Crippen LogP contribution in [0.25, 0.3) is 0 Å². The SMILES string of the molecule is CNCc1ccccc1NC(=O)C(C)C1CC1. The van der Waals surface area contributed by atoms with Crippen molar-refractivity contribution in [2.45, 2.75) is 26.3 Å². The van der Waals surface area contributed by atoms with E-state index in [4.69, 9.17) is 0 Å². The minimum absolute atomic E-state index is 0.137. The van der Waals surface area contributed by atoms with Gasteiger partial charge >= 0.3 is 0 Å². The lowest BCUT2D eigenvalue weighted by Crippen LogP contribution is -2.23. The van der Waals surface area contributed by atoms with Crippen LogP contribution in [0.4, 0.5) is 5.69 Å². The number of anilines is 1. The third kappa shape index (κ3) is 3.07. The lowest BCUT2D eigenvalue weighted by atomic mass is 10.1. The highest BCUT2D eigenvalue weighted by Gasteiger charge is 2.32. The van der Waals surface area contributed by atoms with Gasteiger partial charge in [0.2, 0.25) is 5.91 Å². The molecule has 1 aliphatic rings. The molecule has 1 fully saturated rings. The summed E-state index contributed by atoms with van der Waals surface area (Å²) in [6, 6.07) is 7.95. The maximum Gasteiger partial charge on any atom is 0.227 e. The highest BCUT2D eigenvalue weighted by molar-refractivity contribution is 5.93. The first-order valence-corrected chi connectivity index (χ1v) is 6.25. The average molecular weight is 232 g/mol. The molecule has 2 N–H and O–H groups in total. The monoisotopic (exact) mass is 232 g/mol. The molecule has 1 amide bonds. The van der Waals surface area contributed by atoms with E-state index in [-0.39, 0.29) is 11.8 Å². The number of nitrogens with one attached hydrogen (secondary N) is 2. The van der Waals surface area contributed by atoms with E-state index in [1.54, 1.807) is 0 Å². The highest BCUT2D eigenvalue weighted by atomic mass is 16.1. The Kier molecular flexibility index (Phi) is 3.79. The molecule has 1 aliphatic carbocycles. The second-order valence-electron chi connectivity index (χ2n) is 4.80. The third-order valence-corrected chi connectivity index (χ3v) is 3.39. The molecular weight excluding hydrogens is 212 g/mol. The summed E-state index contributed by atoms with van der Waals surface area (Å²) in [4.78, 5) is 12.0. The third-order valence-electron chi connectivity index (χ3n) is 3.39. The zero-order valence-electron chi connectivity index (χ0n) is 10.5. The number of carbonyl (C=O) groups is 1. The standard InChI is InChI=1S/C14H20N2O/c1-10(11-7-8-11)14(17)16-13-6-4-3-5-12(13)9-15-2/h3-6,10-11,15H,7-9H2,1-2H3,(H,16,17). The molecule has 0 spiro atoms. The summed E-state index contributed by atoms with van der Waals surface area (Å²) in [6.45, 7) is 2.79.